The SMILES string of the molecule is Cc1nn(-c2ccc(F)cc2)c(C)c1/C=C(/C#N)C(=O)NC1CCCCC1. The molecule has 1 aromatic heterocycles. The van der Waals surface area contributed by atoms with E-state index in [2.05, 4.69) is 10.4 Å². The van der Waals surface area contributed by atoms with Gasteiger partial charge in [0.25, 0.3) is 5.91 Å². The molecule has 1 heterocycles. The van der Waals surface area contributed by atoms with Crippen LogP contribution in [-0.4, -0.2) is 21.7 Å². The zero-order valence-electron chi connectivity index (χ0n) is 15.6. The molecule has 1 amide bonds. The zero-order valence-corrected chi connectivity index (χ0v) is 15.6. The van der Waals surface area contributed by atoms with E-state index < -0.39 is 0 Å². The van der Waals surface area contributed by atoms with Crippen LogP contribution in [0.5, 0.6) is 0 Å². The van der Waals surface area contributed by atoms with Gasteiger partial charge in [-0.05, 0) is 57.0 Å². The number of benzene rings is 1. The monoisotopic (exact) mass is 366 g/mol. The average Bonchev–Trinajstić information content (AvgIpc) is 2.95. The number of rotatable bonds is 4. The van der Waals surface area contributed by atoms with Crippen molar-refractivity contribution in [3.05, 3.63) is 52.6 Å². The lowest BCUT2D eigenvalue weighted by Gasteiger charge is -2.22. The molecule has 0 aliphatic heterocycles. The molecule has 0 bridgehead atoms. The largest absolute Gasteiger partial charge is 0.349 e. The standard InChI is InChI=1S/C21H23FN4O/c1-14-20(15(2)26(25-14)19-10-8-17(22)9-11-19)12-16(13-23)21(27)24-18-6-4-3-5-7-18/h8-12,18H,3-7H2,1-2H3,(H,24,27)/b16-12-. The lowest BCUT2D eigenvalue weighted by molar-refractivity contribution is -0.117. The van der Waals surface area contributed by atoms with Gasteiger partial charge in [0.15, 0.2) is 0 Å². The second-order valence-corrected chi connectivity index (χ2v) is 6.95. The number of nitrogens with one attached hydrogen (secondary N) is 1. The molecular weight excluding hydrogens is 343 g/mol. The predicted octanol–water partition coefficient (Wildman–Crippen LogP) is 3.98. The Morgan fingerprint density at radius 1 is 1.26 bits per heavy atom. The van der Waals surface area contributed by atoms with Crippen molar-refractivity contribution in [1.82, 2.24) is 15.1 Å². The molecular formula is C21H23FN4O. The van der Waals surface area contributed by atoms with Crippen LogP contribution >= 0.6 is 0 Å². The molecule has 5 nitrogen and oxygen atoms in total. The Morgan fingerprint density at radius 2 is 1.93 bits per heavy atom. The van der Waals surface area contributed by atoms with E-state index in [9.17, 15) is 14.4 Å². The Balaban J connectivity index is 1.87. The maximum Gasteiger partial charge on any atom is 0.262 e. The summed E-state index contributed by atoms with van der Waals surface area (Å²) in [6, 6.07) is 8.19. The maximum absolute atomic E-state index is 13.2. The first kappa shape index (κ1) is 18.8. The number of aryl methyl sites for hydroxylation is 1. The third-order valence-corrected chi connectivity index (χ3v) is 5.01. The minimum Gasteiger partial charge on any atom is -0.349 e. The molecule has 0 atom stereocenters. The van der Waals surface area contributed by atoms with Gasteiger partial charge in [0, 0.05) is 17.3 Å². The van der Waals surface area contributed by atoms with Crippen molar-refractivity contribution < 1.29 is 9.18 Å². The molecule has 0 radical (unpaired) electrons. The van der Waals surface area contributed by atoms with Gasteiger partial charge in [0.2, 0.25) is 0 Å². The second kappa shape index (κ2) is 8.17. The molecule has 1 N–H and O–H groups in total. The van der Waals surface area contributed by atoms with Gasteiger partial charge in [0.1, 0.15) is 17.5 Å². The molecule has 0 saturated heterocycles. The number of hydrogen-bond acceptors (Lipinski definition) is 3. The van der Waals surface area contributed by atoms with Crippen LogP contribution < -0.4 is 5.32 Å². The number of amides is 1. The Labute approximate surface area is 158 Å². The van der Waals surface area contributed by atoms with Crippen LogP contribution in [-0.2, 0) is 4.79 Å². The van der Waals surface area contributed by atoms with Gasteiger partial charge in [0.05, 0.1) is 11.4 Å². The fraction of sp³-hybridized carbons (Fsp3) is 0.381. The predicted molar refractivity (Wildman–Crippen MR) is 102 cm³/mol. The summed E-state index contributed by atoms with van der Waals surface area (Å²) in [5.74, 6) is -0.649. The molecule has 2 aromatic rings. The minimum atomic E-state index is -0.335. The average molecular weight is 366 g/mol. The normalized spacial score (nSPS) is 15.4. The second-order valence-electron chi connectivity index (χ2n) is 6.95. The van der Waals surface area contributed by atoms with E-state index in [0.29, 0.717) is 5.69 Å². The Morgan fingerprint density at radius 3 is 2.56 bits per heavy atom. The van der Waals surface area contributed by atoms with Gasteiger partial charge >= 0.3 is 0 Å². The van der Waals surface area contributed by atoms with Gasteiger partial charge in [-0.25, -0.2) is 9.07 Å². The fourth-order valence-corrected chi connectivity index (χ4v) is 3.50. The molecule has 6 heteroatoms. The van der Waals surface area contributed by atoms with Crippen molar-refractivity contribution in [2.45, 2.75) is 52.0 Å². The molecule has 0 unspecified atom stereocenters. The number of nitrogens with zero attached hydrogens (tertiary/aromatic N) is 3. The van der Waals surface area contributed by atoms with Crippen LogP contribution in [0.1, 0.15) is 49.1 Å². The highest BCUT2D eigenvalue weighted by atomic mass is 19.1. The molecule has 27 heavy (non-hydrogen) atoms. The van der Waals surface area contributed by atoms with Crippen molar-refractivity contribution in [3.63, 3.8) is 0 Å². The lowest BCUT2D eigenvalue weighted by Crippen LogP contribution is -2.36. The van der Waals surface area contributed by atoms with E-state index in [4.69, 9.17) is 0 Å². The molecule has 1 fully saturated rings. The highest BCUT2D eigenvalue weighted by molar-refractivity contribution is 6.02. The van der Waals surface area contributed by atoms with E-state index in [1.54, 1.807) is 22.9 Å². The van der Waals surface area contributed by atoms with Gasteiger partial charge in [-0.2, -0.15) is 10.4 Å². The minimum absolute atomic E-state index is 0.0745. The van der Waals surface area contributed by atoms with Gasteiger partial charge < -0.3 is 5.32 Å². The van der Waals surface area contributed by atoms with Crippen molar-refractivity contribution in [2.75, 3.05) is 0 Å². The molecule has 1 aliphatic carbocycles. The fourth-order valence-electron chi connectivity index (χ4n) is 3.50. The summed E-state index contributed by atoms with van der Waals surface area (Å²) in [6.45, 7) is 3.69. The molecule has 0 spiro atoms. The first-order chi connectivity index (χ1) is 13.0. The van der Waals surface area contributed by atoms with Crippen LogP contribution in [0.4, 0.5) is 4.39 Å². The highest BCUT2D eigenvalue weighted by Crippen LogP contribution is 2.22. The quantitative estimate of drug-likeness (QED) is 0.657. The van der Waals surface area contributed by atoms with Crippen LogP contribution in [0, 0.1) is 31.0 Å². The van der Waals surface area contributed by atoms with Crippen molar-refractivity contribution in [2.24, 2.45) is 0 Å². The van der Waals surface area contributed by atoms with Crippen molar-refractivity contribution in [1.29, 1.82) is 5.26 Å². The number of halogens is 1. The maximum atomic E-state index is 13.2. The third-order valence-electron chi connectivity index (χ3n) is 5.01. The number of aromatic nitrogens is 2. The van der Waals surface area contributed by atoms with Crippen LogP contribution in [0.2, 0.25) is 0 Å². The molecule has 1 aromatic carbocycles. The van der Waals surface area contributed by atoms with E-state index in [0.717, 1.165) is 42.6 Å². The summed E-state index contributed by atoms with van der Waals surface area (Å²) < 4.78 is 14.9. The Bertz CT molecular complexity index is 899. The number of nitriles is 1. The van der Waals surface area contributed by atoms with E-state index >= 15 is 0 Å². The summed E-state index contributed by atoms with van der Waals surface area (Å²) >= 11 is 0. The van der Waals surface area contributed by atoms with Gasteiger partial charge in [-0.1, -0.05) is 19.3 Å². The topological polar surface area (TPSA) is 70.7 Å². The zero-order chi connectivity index (χ0) is 19.4. The lowest BCUT2D eigenvalue weighted by atomic mass is 9.95. The smallest absolute Gasteiger partial charge is 0.262 e. The molecule has 1 aliphatic rings. The summed E-state index contributed by atoms with van der Waals surface area (Å²) in [5.41, 5.74) is 3.02. The first-order valence-electron chi connectivity index (χ1n) is 9.24. The van der Waals surface area contributed by atoms with Crippen LogP contribution in [0.25, 0.3) is 11.8 Å². The van der Waals surface area contributed by atoms with E-state index in [1.807, 2.05) is 19.9 Å². The van der Waals surface area contributed by atoms with E-state index in [1.165, 1.54) is 18.6 Å². The summed E-state index contributed by atoms with van der Waals surface area (Å²) in [5, 5.41) is 16.9. The number of hydrogen-bond donors (Lipinski definition) is 1. The summed E-state index contributed by atoms with van der Waals surface area (Å²) in [7, 11) is 0. The number of carbonyl (C=O) groups is 1. The third kappa shape index (κ3) is 4.25. The van der Waals surface area contributed by atoms with Crippen molar-refractivity contribution >= 4 is 12.0 Å². The van der Waals surface area contributed by atoms with E-state index in [-0.39, 0.29) is 23.3 Å². The molecule has 3 rings (SSSR count). The molecule has 140 valence electrons. The first-order valence-corrected chi connectivity index (χ1v) is 9.24. The molecule has 1 saturated carbocycles. The number of carbonyl (C=O) groups excluding carboxylic acids is 1. The van der Waals surface area contributed by atoms with Gasteiger partial charge in [-0.15, -0.1) is 0 Å². The Kier molecular flexibility index (Phi) is 5.70. The Hall–Kier alpha value is -2.94. The summed E-state index contributed by atoms with van der Waals surface area (Å²) in [6.07, 6.45) is 6.94. The summed E-state index contributed by atoms with van der Waals surface area (Å²) in [4.78, 5) is 12.5. The van der Waals surface area contributed by atoms with Crippen LogP contribution in [0.15, 0.2) is 29.8 Å². The highest BCUT2D eigenvalue weighted by Gasteiger charge is 2.19. The van der Waals surface area contributed by atoms with Crippen molar-refractivity contribution in [3.8, 4) is 11.8 Å². The van der Waals surface area contributed by atoms with Crippen LogP contribution in [0.3, 0.4) is 0 Å². The van der Waals surface area contributed by atoms with Gasteiger partial charge in [-0.3, -0.25) is 4.79 Å².